The van der Waals surface area contributed by atoms with Gasteiger partial charge in [0.1, 0.15) is 12.2 Å². The molecule has 10 heteroatoms. The van der Waals surface area contributed by atoms with Crippen molar-refractivity contribution < 1.29 is 28.9 Å². The molecule has 1 aromatic heterocycles. The van der Waals surface area contributed by atoms with E-state index in [0.29, 0.717) is 6.42 Å². The number of nitrogens with zero attached hydrogens (tertiary/aromatic N) is 2. The van der Waals surface area contributed by atoms with E-state index in [1.54, 1.807) is 0 Å². The minimum absolute atomic E-state index is 0.189. The molecule has 158 valence electrons. The van der Waals surface area contributed by atoms with Crippen LogP contribution in [0.2, 0.25) is 0 Å². The maximum absolute atomic E-state index is 14.2. The second kappa shape index (κ2) is 10.5. The van der Waals surface area contributed by atoms with Gasteiger partial charge in [0.15, 0.2) is 17.9 Å². The molecule has 1 aliphatic heterocycles. The molecule has 1 fully saturated rings. The normalized spacial score (nSPS) is 24.3. The second-order valence-electron chi connectivity index (χ2n) is 6.87. The van der Waals surface area contributed by atoms with E-state index in [-0.39, 0.29) is 6.61 Å². The van der Waals surface area contributed by atoms with Crippen molar-refractivity contribution in [3.63, 3.8) is 0 Å². The Morgan fingerprint density at radius 2 is 1.96 bits per heavy atom. The number of carbonyl (C=O) groups excluding carboxylic acids is 1. The maximum Gasteiger partial charge on any atom is 0.412 e. The van der Waals surface area contributed by atoms with Crippen LogP contribution >= 0.6 is 0 Å². The van der Waals surface area contributed by atoms with Crippen LogP contribution in [0.25, 0.3) is 0 Å². The third kappa shape index (κ3) is 5.73. The summed E-state index contributed by atoms with van der Waals surface area (Å²) in [7, 11) is 0. The third-order valence-corrected chi connectivity index (χ3v) is 4.61. The number of aromatic nitrogens is 2. The summed E-state index contributed by atoms with van der Waals surface area (Å²) in [5, 5.41) is 21.7. The van der Waals surface area contributed by atoms with E-state index in [2.05, 4.69) is 17.2 Å². The number of hydrogen-bond acceptors (Lipinski definition) is 7. The van der Waals surface area contributed by atoms with Crippen molar-refractivity contribution in [2.24, 2.45) is 0 Å². The predicted octanol–water partition coefficient (Wildman–Crippen LogP) is 1.93. The fraction of sp³-hybridized carbons (Fsp3) is 0.722. The van der Waals surface area contributed by atoms with Gasteiger partial charge < -0.3 is 19.7 Å². The molecule has 4 atom stereocenters. The van der Waals surface area contributed by atoms with Crippen LogP contribution < -0.4 is 11.0 Å². The Morgan fingerprint density at radius 1 is 1.29 bits per heavy atom. The van der Waals surface area contributed by atoms with Gasteiger partial charge in [-0.15, -0.1) is 0 Å². The average molecular weight is 401 g/mol. The Bertz CT molecular complexity index is 713. The first-order valence-electron chi connectivity index (χ1n) is 9.59. The fourth-order valence-electron chi connectivity index (χ4n) is 2.95. The molecule has 2 rings (SSSR count). The van der Waals surface area contributed by atoms with Gasteiger partial charge in [0.25, 0.3) is 0 Å². The van der Waals surface area contributed by atoms with Crippen molar-refractivity contribution in [1.82, 2.24) is 9.55 Å². The number of amides is 1. The second-order valence-corrected chi connectivity index (χ2v) is 6.87. The molecule has 1 amide bonds. The molecule has 0 aliphatic carbocycles. The number of hydrogen-bond donors (Lipinski definition) is 3. The highest BCUT2D eigenvalue weighted by molar-refractivity contribution is 5.83. The Balaban J connectivity index is 1.89. The van der Waals surface area contributed by atoms with Gasteiger partial charge >= 0.3 is 11.8 Å². The maximum atomic E-state index is 14.2. The Morgan fingerprint density at radius 3 is 2.61 bits per heavy atom. The van der Waals surface area contributed by atoms with Gasteiger partial charge in [-0.1, -0.05) is 39.0 Å². The molecule has 0 bridgehead atoms. The quantitative estimate of drug-likeness (QED) is 0.540. The third-order valence-electron chi connectivity index (χ3n) is 4.61. The number of ether oxygens (including phenoxy) is 2. The topological polar surface area (TPSA) is 123 Å². The van der Waals surface area contributed by atoms with Gasteiger partial charge in [0.2, 0.25) is 0 Å². The number of aliphatic hydroxyl groups excluding tert-OH is 2. The van der Waals surface area contributed by atoms with Gasteiger partial charge in [-0.2, -0.15) is 4.98 Å². The summed E-state index contributed by atoms with van der Waals surface area (Å²) >= 11 is 0. The summed E-state index contributed by atoms with van der Waals surface area (Å²) in [6.07, 6.45) is 1.41. The van der Waals surface area contributed by atoms with Crippen LogP contribution in [0.4, 0.5) is 15.0 Å². The minimum atomic E-state index is -1.41. The first-order chi connectivity index (χ1) is 13.3. The van der Waals surface area contributed by atoms with Crippen LogP contribution in [0, 0.1) is 5.82 Å². The first-order valence-corrected chi connectivity index (χ1v) is 9.59. The summed E-state index contributed by atoms with van der Waals surface area (Å²) in [6.45, 7) is 3.83. The molecule has 28 heavy (non-hydrogen) atoms. The highest BCUT2D eigenvalue weighted by Crippen LogP contribution is 2.28. The van der Waals surface area contributed by atoms with E-state index in [4.69, 9.17) is 9.47 Å². The molecule has 2 heterocycles. The monoisotopic (exact) mass is 401 g/mol. The summed E-state index contributed by atoms with van der Waals surface area (Å²) < 4.78 is 25.2. The molecular weight excluding hydrogens is 373 g/mol. The van der Waals surface area contributed by atoms with Crippen molar-refractivity contribution in [2.45, 2.75) is 76.9 Å². The molecule has 1 aromatic rings. The summed E-state index contributed by atoms with van der Waals surface area (Å²) in [5.41, 5.74) is -0.946. The molecule has 0 spiro atoms. The van der Waals surface area contributed by atoms with Gasteiger partial charge in [-0.25, -0.2) is 14.0 Å². The molecule has 0 saturated carbocycles. The Hall–Kier alpha value is -2.04. The highest BCUT2D eigenvalue weighted by atomic mass is 19.1. The Kier molecular flexibility index (Phi) is 8.34. The van der Waals surface area contributed by atoms with Crippen LogP contribution in [0.15, 0.2) is 11.0 Å². The standard InChI is InChI=1S/C18H28FN3O6/c1-3-4-5-6-7-8-9-27-18(26)21-15-12(19)10-22(17(25)20-15)16-14(24)13(23)11(2)28-16/h10-11,13-14,16,23-24H,3-9H2,1-2H3,(H,20,21,25,26)/t11-,13-,14-,16-/m1/s1. The number of carbonyl (C=O) groups is 1. The van der Waals surface area contributed by atoms with Crippen molar-refractivity contribution in [3.8, 4) is 0 Å². The zero-order chi connectivity index (χ0) is 20.7. The van der Waals surface area contributed by atoms with E-state index in [1.807, 2.05) is 0 Å². The lowest BCUT2D eigenvalue weighted by molar-refractivity contribution is -0.0355. The van der Waals surface area contributed by atoms with E-state index in [1.165, 1.54) is 13.3 Å². The molecule has 0 unspecified atom stereocenters. The lowest BCUT2D eigenvalue weighted by Crippen LogP contribution is -2.36. The Labute approximate surface area is 162 Å². The summed E-state index contributed by atoms with van der Waals surface area (Å²) in [4.78, 5) is 27.3. The average Bonchev–Trinajstić information content (AvgIpc) is 2.91. The molecule has 1 aliphatic rings. The molecule has 0 radical (unpaired) electrons. The number of nitrogens with one attached hydrogen (secondary N) is 1. The van der Waals surface area contributed by atoms with E-state index in [9.17, 15) is 24.2 Å². The number of anilines is 1. The fourth-order valence-corrected chi connectivity index (χ4v) is 2.95. The number of unbranched alkanes of at least 4 members (excludes halogenated alkanes) is 5. The van der Waals surface area contributed by atoms with Gasteiger partial charge in [0, 0.05) is 0 Å². The lowest BCUT2D eigenvalue weighted by Gasteiger charge is -2.17. The van der Waals surface area contributed by atoms with Crippen molar-refractivity contribution in [2.75, 3.05) is 11.9 Å². The van der Waals surface area contributed by atoms with Gasteiger partial charge in [-0.05, 0) is 13.3 Å². The number of rotatable bonds is 9. The highest BCUT2D eigenvalue weighted by Gasteiger charge is 2.42. The zero-order valence-corrected chi connectivity index (χ0v) is 16.1. The molecule has 0 aromatic carbocycles. The van der Waals surface area contributed by atoms with Crippen molar-refractivity contribution in [3.05, 3.63) is 22.5 Å². The molecule has 1 saturated heterocycles. The van der Waals surface area contributed by atoms with E-state index < -0.39 is 48.0 Å². The van der Waals surface area contributed by atoms with Crippen LogP contribution in [0.5, 0.6) is 0 Å². The van der Waals surface area contributed by atoms with Crippen LogP contribution in [-0.4, -0.2) is 50.8 Å². The molecule has 3 N–H and O–H groups in total. The first kappa shape index (κ1) is 22.3. The summed E-state index contributed by atoms with van der Waals surface area (Å²) in [5.74, 6) is -1.57. The van der Waals surface area contributed by atoms with Crippen molar-refractivity contribution >= 4 is 11.9 Å². The lowest BCUT2D eigenvalue weighted by atomic mass is 10.1. The van der Waals surface area contributed by atoms with E-state index in [0.717, 1.165) is 36.4 Å². The SMILES string of the molecule is CCCCCCCCOC(=O)Nc1nc(=O)n([C@@H]2O[C@H](C)[C@@H](O)[C@H]2O)cc1F. The predicted molar refractivity (Wildman–Crippen MR) is 98.4 cm³/mol. The minimum Gasteiger partial charge on any atom is -0.449 e. The van der Waals surface area contributed by atoms with Crippen LogP contribution in [-0.2, 0) is 9.47 Å². The summed E-state index contributed by atoms with van der Waals surface area (Å²) in [6, 6.07) is 0. The number of aliphatic hydroxyl groups is 2. The van der Waals surface area contributed by atoms with Gasteiger partial charge in [0.05, 0.1) is 18.9 Å². The van der Waals surface area contributed by atoms with Gasteiger partial charge in [-0.3, -0.25) is 9.88 Å². The van der Waals surface area contributed by atoms with Crippen LogP contribution in [0.1, 0.15) is 58.6 Å². The smallest absolute Gasteiger partial charge is 0.412 e. The molecule has 9 nitrogen and oxygen atoms in total. The largest absolute Gasteiger partial charge is 0.449 e. The molecular formula is C18H28FN3O6. The van der Waals surface area contributed by atoms with Crippen molar-refractivity contribution in [1.29, 1.82) is 0 Å². The number of halogens is 1. The van der Waals surface area contributed by atoms with E-state index >= 15 is 0 Å². The zero-order valence-electron chi connectivity index (χ0n) is 16.1. The van der Waals surface area contributed by atoms with Crippen LogP contribution in [0.3, 0.4) is 0 Å².